The molecule has 0 aromatic carbocycles. The predicted molar refractivity (Wildman–Crippen MR) is 84.6 cm³/mol. The second-order valence-corrected chi connectivity index (χ2v) is 6.42. The lowest BCUT2D eigenvalue weighted by Crippen LogP contribution is -2.51. The highest BCUT2D eigenvalue weighted by Crippen LogP contribution is 2.14. The maximum Gasteiger partial charge on any atom is 0.331 e. The van der Waals surface area contributed by atoms with E-state index in [1.165, 1.54) is 4.57 Å². The van der Waals surface area contributed by atoms with Crippen LogP contribution in [0.1, 0.15) is 31.5 Å². The van der Waals surface area contributed by atoms with Gasteiger partial charge in [0.25, 0.3) is 5.56 Å². The Hall–Kier alpha value is -2.40. The third kappa shape index (κ3) is 2.76. The van der Waals surface area contributed by atoms with E-state index in [2.05, 4.69) is 0 Å². The van der Waals surface area contributed by atoms with Crippen molar-refractivity contribution in [3.05, 3.63) is 32.1 Å². The summed E-state index contributed by atoms with van der Waals surface area (Å²) in [6, 6.07) is 1.89. The van der Waals surface area contributed by atoms with Gasteiger partial charge >= 0.3 is 5.69 Å². The van der Waals surface area contributed by atoms with E-state index in [0.29, 0.717) is 31.7 Å². The van der Waals surface area contributed by atoms with Gasteiger partial charge in [-0.1, -0.05) is 0 Å². The van der Waals surface area contributed by atoms with Crippen molar-refractivity contribution in [1.29, 1.82) is 5.26 Å². The second kappa shape index (κ2) is 6.24. The summed E-state index contributed by atoms with van der Waals surface area (Å²) in [6.07, 6.45) is 1.08. The molecule has 2 atom stereocenters. The molecule has 1 aromatic heterocycles. The van der Waals surface area contributed by atoms with E-state index in [4.69, 9.17) is 4.74 Å². The lowest BCUT2D eigenvalue weighted by atomic mass is 10.2. The van der Waals surface area contributed by atoms with Crippen molar-refractivity contribution in [3.8, 4) is 6.07 Å². The molecule has 8 nitrogen and oxygen atoms in total. The zero-order chi connectivity index (χ0) is 17.4. The Morgan fingerprint density at radius 3 is 2.58 bits per heavy atom. The van der Waals surface area contributed by atoms with Crippen LogP contribution >= 0.6 is 0 Å². The fourth-order valence-electron chi connectivity index (χ4n) is 3.51. The maximum absolute atomic E-state index is 12.5. The molecule has 1 aromatic rings. The largest absolute Gasteiger partial charge is 0.372 e. The monoisotopic (exact) mass is 332 g/mol. The average Bonchev–Trinajstić information content (AvgIpc) is 3.00. The number of nitriles is 1. The summed E-state index contributed by atoms with van der Waals surface area (Å²) in [6.45, 7) is 4.74. The standard InChI is InChI=1S/C16H20N4O4/c1-10-7-18(8-11(2)24-10)14(21)9-20-15(22)12(6-17)13-4-3-5-19(13)16(20)23/h10-11H,3-5,7-9H2,1-2H3/t10-,11-/m0/s1. The van der Waals surface area contributed by atoms with E-state index in [-0.39, 0.29) is 30.2 Å². The molecule has 0 spiro atoms. The number of ether oxygens (including phenoxy) is 1. The van der Waals surface area contributed by atoms with Gasteiger partial charge in [-0.2, -0.15) is 5.26 Å². The Labute approximate surface area is 138 Å². The molecule has 2 aliphatic rings. The van der Waals surface area contributed by atoms with E-state index in [0.717, 1.165) is 11.0 Å². The lowest BCUT2D eigenvalue weighted by Gasteiger charge is -2.35. The molecule has 8 heteroatoms. The first-order valence-corrected chi connectivity index (χ1v) is 8.12. The summed E-state index contributed by atoms with van der Waals surface area (Å²) < 4.78 is 7.92. The van der Waals surface area contributed by atoms with Gasteiger partial charge in [-0.3, -0.25) is 14.2 Å². The molecule has 0 bridgehead atoms. The molecule has 1 fully saturated rings. The highest BCUT2D eigenvalue weighted by atomic mass is 16.5. The Kier molecular flexibility index (Phi) is 4.28. The first kappa shape index (κ1) is 16.5. The SMILES string of the molecule is C[C@H]1CN(C(=O)Cn2c(=O)c(C#N)c3n(c2=O)CCC3)C[C@H](C)O1. The number of carbonyl (C=O) groups is 1. The van der Waals surface area contributed by atoms with E-state index in [1.54, 1.807) is 4.90 Å². The molecule has 2 aliphatic heterocycles. The molecular formula is C16H20N4O4. The number of hydrogen-bond donors (Lipinski definition) is 0. The molecular weight excluding hydrogens is 312 g/mol. The molecule has 0 N–H and O–H groups in total. The molecule has 3 rings (SSSR count). The molecule has 0 aliphatic carbocycles. The molecule has 1 amide bonds. The van der Waals surface area contributed by atoms with Crippen LogP contribution < -0.4 is 11.2 Å². The Bertz CT molecular complexity index is 822. The van der Waals surface area contributed by atoms with E-state index in [1.807, 2.05) is 19.9 Å². The zero-order valence-corrected chi connectivity index (χ0v) is 13.8. The summed E-state index contributed by atoms with van der Waals surface area (Å²) in [5.41, 5.74) is -0.707. The van der Waals surface area contributed by atoms with Gasteiger partial charge in [0.15, 0.2) is 0 Å². The molecule has 3 heterocycles. The summed E-state index contributed by atoms with van der Waals surface area (Å²) in [7, 11) is 0. The molecule has 0 radical (unpaired) electrons. The van der Waals surface area contributed by atoms with Crippen molar-refractivity contribution in [2.75, 3.05) is 13.1 Å². The minimum atomic E-state index is -0.668. The van der Waals surface area contributed by atoms with Crippen molar-refractivity contribution in [2.24, 2.45) is 0 Å². The Balaban J connectivity index is 1.94. The number of amides is 1. The Morgan fingerprint density at radius 1 is 1.29 bits per heavy atom. The Morgan fingerprint density at radius 2 is 1.96 bits per heavy atom. The van der Waals surface area contributed by atoms with Gasteiger partial charge < -0.3 is 9.64 Å². The molecule has 128 valence electrons. The van der Waals surface area contributed by atoms with Crippen molar-refractivity contribution >= 4 is 5.91 Å². The summed E-state index contributed by atoms with van der Waals surface area (Å²) in [4.78, 5) is 39.1. The van der Waals surface area contributed by atoms with E-state index >= 15 is 0 Å². The van der Waals surface area contributed by atoms with Crippen LogP contribution in [0.3, 0.4) is 0 Å². The molecule has 0 saturated carbocycles. The van der Waals surface area contributed by atoms with Crippen LogP contribution in [0.4, 0.5) is 0 Å². The van der Waals surface area contributed by atoms with Crippen molar-refractivity contribution in [2.45, 2.75) is 52.0 Å². The van der Waals surface area contributed by atoms with Gasteiger partial charge in [0.2, 0.25) is 5.91 Å². The lowest BCUT2D eigenvalue weighted by molar-refractivity contribution is -0.143. The second-order valence-electron chi connectivity index (χ2n) is 6.42. The molecule has 1 saturated heterocycles. The summed E-state index contributed by atoms with van der Waals surface area (Å²) in [5.74, 6) is -0.307. The van der Waals surface area contributed by atoms with Crippen LogP contribution in [0, 0.1) is 11.3 Å². The van der Waals surface area contributed by atoms with Gasteiger partial charge in [-0.05, 0) is 26.7 Å². The van der Waals surface area contributed by atoms with Gasteiger partial charge in [-0.25, -0.2) is 9.36 Å². The van der Waals surface area contributed by atoms with Gasteiger partial charge in [0, 0.05) is 25.3 Å². The summed E-state index contributed by atoms with van der Waals surface area (Å²) in [5, 5.41) is 9.26. The third-order valence-electron chi connectivity index (χ3n) is 4.51. The van der Waals surface area contributed by atoms with Gasteiger partial charge in [-0.15, -0.1) is 0 Å². The topological polar surface area (TPSA) is 97.3 Å². The quantitative estimate of drug-likeness (QED) is 0.725. The minimum absolute atomic E-state index is 0.0244. The van der Waals surface area contributed by atoms with Crippen LogP contribution in [0.15, 0.2) is 9.59 Å². The highest BCUT2D eigenvalue weighted by molar-refractivity contribution is 5.76. The van der Waals surface area contributed by atoms with Crippen LogP contribution in [0.2, 0.25) is 0 Å². The first-order chi connectivity index (χ1) is 11.4. The van der Waals surface area contributed by atoms with Crippen LogP contribution in [-0.2, 0) is 29.0 Å². The normalized spacial score (nSPS) is 23.0. The zero-order valence-electron chi connectivity index (χ0n) is 13.8. The number of hydrogen-bond acceptors (Lipinski definition) is 5. The fourth-order valence-corrected chi connectivity index (χ4v) is 3.51. The van der Waals surface area contributed by atoms with Crippen LogP contribution in [0.5, 0.6) is 0 Å². The first-order valence-electron chi connectivity index (χ1n) is 8.12. The number of morpholine rings is 1. The highest BCUT2D eigenvalue weighted by Gasteiger charge is 2.28. The predicted octanol–water partition coefficient (Wildman–Crippen LogP) is -0.536. The van der Waals surface area contributed by atoms with E-state index in [9.17, 15) is 19.6 Å². The smallest absolute Gasteiger partial charge is 0.331 e. The van der Waals surface area contributed by atoms with Crippen molar-refractivity contribution in [3.63, 3.8) is 0 Å². The number of fused-ring (bicyclic) bond motifs is 1. The van der Waals surface area contributed by atoms with Crippen LogP contribution in [-0.4, -0.2) is 45.2 Å². The fraction of sp³-hybridized carbons (Fsp3) is 0.625. The third-order valence-corrected chi connectivity index (χ3v) is 4.51. The number of aromatic nitrogens is 2. The number of nitrogens with zero attached hydrogens (tertiary/aromatic N) is 4. The molecule has 0 unspecified atom stereocenters. The minimum Gasteiger partial charge on any atom is -0.372 e. The van der Waals surface area contributed by atoms with Gasteiger partial charge in [0.1, 0.15) is 18.2 Å². The number of rotatable bonds is 2. The van der Waals surface area contributed by atoms with Crippen molar-refractivity contribution < 1.29 is 9.53 Å². The van der Waals surface area contributed by atoms with Crippen LogP contribution in [0.25, 0.3) is 0 Å². The average molecular weight is 332 g/mol. The maximum atomic E-state index is 12.5. The van der Waals surface area contributed by atoms with Gasteiger partial charge in [0.05, 0.1) is 12.2 Å². The molecule has 24 heavy (non-hydrogen) atoms. The van der Waals surface area contributed by atoms with E-state index < -0.39 is 11.2 Å². The summed E-state index contributed by atoms with van der Waals surface area (Å²) >= 11 is 0. The number of carbonyl (C=O) groups excluding carboxylic acids is 1. The van der Waals surface area contributed by atoms with Crippen molar-refractivity contribution in [1.82, 2.24) is 14.0 Å².